The van der Waals surface area contributed by atoms with Crippen LogP contribution < -0.4 is 19.5 Å². The summed E-state index contributed by atoms with van der Waals surface area (Å²) in [5.74, 6) is -1.70. The molecule has 52 heavy (non-hydrogen) atoms. The first-order chi connectivity index (χ1) is 24.6. The largest absolute Gasteiger partial charge is 0.497 e. The first-order valence-corrected chi connectivity index (χ1v) is 18.6. The minimum atomic E-state index is -3.91. The molecule has 4 amide bonds. The number of nitrogens with zero attached hydrogens (tertiary/aromatic N) is 3. The molecule has 3 N–H and O–H groups in total. The Kier molecular flexibility index (Phi) is 9.68. The average Bonchev–Trinajstić information content (AvgIpc) is 4.03. The van der Waals surface area contributed by atoms with Crippen LogP contribution in [0.4, 0.5) is 4.79 Å². The molecule has 2 saturated carbocycles. The van der Waals surface area contributed by atoms with Gasteiger partial charge in [-0.2, -0.15) is 0 Å². The number of ether oxygens (including phenoxy) is 2. The minimum absolute atomic E-state index is 0.00235. The third-order valence-electron chi connectivity index (χ3n) is 9.81. The summed E-state index contributed by atoms with van der Waals surface area (Å²) in [4.78, 5) is 60.8. The quantitative estimate of drug-likeness (QED) is 0.232. The number of carbonyl (C=O) groups excluding carboxylic acids is 3. The molecule has 1 saturated heterocycles. The van der Waals surface area contributed by atoms with Crippen molar-refractivity contribution in [3.63, 3.8) is 0 Å². The van der Waals surface area contributed by atoms with Crippen molar-refractivity contribution in [2.24, 2.45) is 5.92 Å². The maximum absolute atomic E-state index is 14.2. The van der Waals surface area contributed by atoms with E-state index in [9.17, 15) is 32.7 Å². The van der Waals surface area contributed by atoms with Crippen LogP contribution in [0.2, 0.25) is 0 Å². The monoisotopic (exact) mass is 733 g/mol. The highest BCUT2D eigenvalue weighted by atomic mass is 32.2. The third kappa shape index (κ3) is 7.40. The second-order valence-electron chi connectivity index (χ2n) is 14.5. The van der Waals surface area contributed by atoms with E-state index in [1.165, 1.54) is 11.0 Å². The molecule has 15 heteroatoms. The third-order valence-corrected chi connectivity index (χ3v) is 11.6. The highest BCUT2D eigenvalue weighted by Crippen LogP contribution is 2.45. The fraction of sp³-hybridized carbons (Fsp3) is 0.432. The van der Waals surface area contributed by atoms with E-state index in [4.69, 9.17) is 14.5 Å². The molecular formula is C37H43N5O9S. The van der Waals surface area contributed by atoms with E-state index in [0.29, 0.717) is 40.9 Å². The van der Waals surface area contributed by atoms with Crippen molar-refractivity contribution in [1.29, 1.82) is 0 Å². The van der Waals surface area contributed by atoms with Gasteiger partial charge in [-0.1, -0.05) is 36.4 Å². The Morgan fingerprint density at radius 2 is 1.83 bits per heavy atom. The number of nitrogens with one attached hydrogen (secondary N) is 2. The number of methoxy groups -OCH3 is 1. The lowest BCUT2D eigenvalue weighted by Gasteiger charge is -2.34. The summed E-state index contributed by atoms with van der Waals surface area (Å²) >= 11 is 0. The predicted octanol–water partition coefficient (Wildman–Crippen LogP) is 3.71. The lowest BCUT2D eigenvalue weighted by Crippen LogP contribution is -2.58. The van der Waals surface area contributed by atoms with Crippen LogP contribution in [0.1, 0.15) is 46.5 Å². The van der Waals surface area contributed by atoms with E-state index in [-0.39, 0.29) is 19.4 Å². The second-order valence-corrected chi connectivity index (χ2v) is 16.5. The number of amides is 4. The Morgan fingerprint density at radius 3 is 2.42 bits per heavy atom. The summed E-state index contributed by atoms with van der Waals surface area (Å²) in [6.45, 7) is 8.11. The normalized spacial score (nSPS) is 22.7. The maximum atomic E-state index is 14.2. The van der Waals surface area contributed by atoms with Crippen LogP contribution in [0, 0.1) is 5.92 Å². The average molecular weight is 734 g/mol. The summed E-state index contributed by atoms with van der Waals surface area (Å²) < 4.78 is 39.4. The molecule has 6 rings (SSSR count). The summed E-state index contributed by atoms with van der Waals surface area (Å²) in [6, 6.07) is 15.5. The highest BCUT2D eigenvalue weighted by Gasteiger charge is 2.62. The fourth-order valence-corrected chi connectivity index (χ4v) is 7.94. The van der Waals surface area contributed by atoms with Gasteiger partial charge in [-0.05, 0) is 52.2 Å². The van der Waals surface area contributed by atoms with Gasteiger partial charge in [0.2, 0.25) is 21.8 Å². The van der Waals surface area contributed by atoms with E-state index in [1.807, 2.05) is 36.4 Å². The number of benzene rings is 2. The van der Waals surface area contributed by atoms with Gasteiger partial charge in [0.15, 0.2) is 0 Å². The van der Waals surface area contributed by atoms with E-state index < -0.39 is 74.8 Å². The number of hydrogen-bond donors (Lipinski definition) is 3. The molecule has 1 aromatic heterocycles. The topological polar surface area (TPSA) is 185 Å². The van der Waals surface area contributed by atoms with Gasteiger partial charge in [-0.25, -0.2) is 18.2 Å². The first kappa shape index (κ1) is 36.6. The Hall–Kier alpha value is -5.18. The van der Waals surface area contributed by atoms with Gasteiger partial charge in [0, 0.05) is 41.0 Å². The van der Waals surface area contributed by atoms with Crippen LogP contribution in [0.25, 0.3) is 22.2 Å². The molecule has 0 spiro atoms. The van der Waals surface area contributed by atoms with E-state index >= 15 is 0 Å². The zero-order valence-electron chi connectivity index (χ0n) is 29.5. The number of carbonyl (C=O) groups is 4. The molecule has 1 aliphatic heterocycles. The van der Waals surface area contributed by atoms with Gasteiger partial charge in [0.25, 0.3) is 5.91 Å². The smallest absolute Gasteiger partial charge is 0.408 e. The number of rotatable bonds is 12. The molecule has 0 unspecified atom stereocenters. The minimum Gasteiger partial charge on any atom is -0.497 e. The zero-order valence-corrected chi connectivity index (χ0v) is 30.3. The van der Waals surface area contributed by atoms with E-state index in [0.717, 1.165) is 10.5 Å². The van der Waals surface area contributed by atoms with Crippen LogP contribution >= 0.6 is 0 Å². The van der Waals surface area contributed by atoms with Crippen LogP contribution in [-0.4, -0.2) is 101 Å². The van der Waals surface area contributed by atoms with Gasteiger partial charge >= 0.3 is 6.09 Å². The van der Waals surface area contributed by atoms with Crippen LogP contribution in [-0.2, 0) is 24.4 Å². The molecule has 0 radical (unpaired) electrons. The van der Waals surface area contributed by atoms with E-state index in [2.05, 4.69) is 16.6 Å². The molecule has 2 aromatic carbocycles. The van der Waals surface area contributed by atoms with Crippen molar-refractivity contribution in [2.75, 3.05) is 20.2 Å². The van der Waals surface area contributed by atoms with Gasteiger partial charge in [-0.15, -0.1) is 6.58 Å². The van der Waals surface area contributed by atoms with Crippen LogP contribution in [0.3, 0.4) is 0 Å². The fourth-order valence-electron chi connectivity index (χ4n) is 6.58. The molecule has 4 atom stereocenters. The lowest BCUT2D eigenvalue weighted by molar-refractivity contribution is -0.140. The number of hydrogen-bond acceptors (Lipinski definition) is 9. The van der Waals surface area contributed by atoms with E-state index in [1.54, 1.807) is 46.1 Å². The summed E-state index contributed by atoms with van der Waals surface area (Å²) in [6.07, 6.45) is 0.455. The summed E-state index contributed by atoms with van der Waals surface area (Å²) in [7, 11) is -2.35. The molecule has 3 aliphatic rings. The summed E-state index contributed by atoms with van der Waals surface area (Å²) in [5, 5.41) is 12.7. The van der Waals surface area contributed by atoms with Crippen molar-refractivity contribution in [2.45, 2.75) is 74.9 Å². The lowest BCUT2D eigenvalue weighted by atomic mass is 10.1. The second kappa shape index (κ2) is 13.7. The Morgan fingerprint density at radius 1 is 1.12 bits per heavy atom. The first-order valence-electron chi connectivity index (χ1n) is 17.1. The highest BCUT2D eigenvalue weighted by molar-refractivity contribution is 7.91. The van der Waals surface area contributed by atoms with Crippen molar-refractivity contribution in [3.8, 4) is 22.8 Å². The molecule has 3 fully saturated rings. The number of pyridine rings is 1. The van der Waals surface area contributed by atoms with Crippen molar-refractivity contribution < 1.29 is 42.2 Å². The van der Waals surface area contributed by atoms with Crippen molar-refractivity contribution >= 4 is 44.7 Å². The van der Waals surface area contributed by atoms with Crippen molar-refractivity contribution in [3.05, 3.63) is 67.3 Å². The summed E-state index contributed by atoms with van der Waals surface area (Å²) in [5.41, 5.74) is -0.450. The molecule has 2 aliphatic carbocycles. The van der Waals surface area contributed by atoms with Crippen LogP contribution in [0.15, 0.2) is 67.3 Å². The number of aromatic nitrogens is 1. The predicted molar refractivity (Wildman–Crippen MR) is 192 cm³/mol. The molecule has 14 nitrogen and oxygen atoms in total. The van der Waals surface area contributed by atoms with Gasteiger partial charge in [0.1, 0.15) is 35.7 Å². The SMILES string of the molecule is C=C[C@@H]1C[C@]1(NC(=O)[C@@H]1C[C@@H](Oc2cc(-c3ccccc3)nc3cc(OC)ccc23)CN1C(=O)CN(C(=O)O)C(C)(C)C)C(=O)NS(=O)(=O)C1CC1. The molecule has 276 valence electrons. The van der Waals surface area contributed by atoms with Gasteiger partial charge in [0.05, 0.1) is 30.1 Å². The van der Waals surface area contributed by atoms with Gasteiger partial charge < -0.3 is 24.8 Å². The maximum Gasteiger partial charge on any atom is 0.408 e. The van der Waals surface area contributed by atoms with Gasteiger partial charge in [-0.3, -0.25) is 24.0 Å². The Balaban J connectivity index is 1.32. The number of fused-ring (bicyclic) bond motifs is 1. The molecule has 3 aromatic rings. The zero-order chi connectivity index (χ0) is 37.6. The number of sulfonamides is 1. The number of carboxylic acid groups (broad SMARTS) is 1. The Labute approximate surface area is 302 Å². The standard InChI is InChI=1S/C37H43N5O9S/c1-6-23-19-37(23,34(45)40-52(48,49)26-13-14-26)39-33(44)30-17-25(20-41(30)32(43)21-42(35(46)47)36(2,3)4)51-31-18-28(22-10-8-7-9-11-22)38-29-16-24(50-5)12-15-27(29)31/h6-12,15-16,18,23,25-26,30H,1,13-14,17,19-21H2,2-5H3,(H,39,44)(H,40,45)(H,46,47)/t23-,25-,30+,37-/m1/s1. The molecular weight excluding hydrogens is 691 g/mol. The van der Waals surface area contributed by atoms with Crippen molar-refractivity contribution in [1.82, 2.24) is 24.8 Å². The molecule has 2 heterocycles. The van der Waals surface area contributed by atoms with Crippen LogP contribution in [0.5, 0.6) is 11.5 Å². The Bertz CT molecular complexity index is 2030. The molecule has 0 bridgehead atoms. The number of likely N-dealkylation sites (tertiary alicyclic amines) is 1.